The third-order valence-electron chi connectivity index (χ3n) is 1.43. The summed E-state index contributed by atoms with van der Waals surface area (Å²) in [4.78, 5) is 22.5. The maximum absolute atomic E-state index is 10.9. The molecule has 0 aliphatic carbocycles. The Labute approximate surface area is 89.3 Å². The van der Waals surface area contributed by atoms with E-state index in [2.05, 4.69) is 5.32 Å². The highest BCUT2D eigenvalue weighted by molar-refractivity contribution is 8.00. The van der Waals surface area contributed by atoms with Crippen LogP contribution in [0.3, 0.4) is 0 Å². The van der Waals surface area contributed by atoms with Crippen LogP contribution < -0.4 is 5.32 Å². The number of rotatable bonds is 4. The van der Waals surface area contributed by atoms with Gasteiger partial charge in [0.05, 0.1) is 5.75 Å². The monoisotopic (exact) mass is 231 g/mol. The number of hydrogen-bond donors (Lipinski definition) is 2. The highest BCUT2D eigenvalue weighted by Gasteiger charge is 2.07. The second kappa shape index (κ2) is 5.02. The average molecular weight is 231 g/mol. The van der Waals surface area contributed by atoms with E-state index in [1.807, 2.05) is 0 Å². The summed E-state index contributed by atoms with van der Waals surface area (Å²) in [5.41, 5.74) is 0. The highest BCUT2D eigenvalue weighted by Crippen LogP contribution is 2.24. The number of carboxylic acids is 1. The van der Waals surface area contributed by atoms with Crippen LogP contribution in [0.15, 0.2) is 16.3 Å². The van der Waals surface area contributed by atoms with Crippen LogP contribution in [0.2, 0.25) is 0 Å². The molecule has 6 heteroatoms. The lowest BCUT2D eigenvalue weighted by atomic mass is 10.5. The number of carboxylic acid groups (broad SMARTS) is 1. The van der Waals surface area contributed by atoms with E-state index >= 15 is 0 Å². The molecule has 0 saturated carbocycles. The number of nitrogens with one attached hydrogen (secondary N) is 1. The third kappa shape index (κ3) is 3.04. The molecule has 1 amide bonds. The molecular weight excluding hydrogens is 222 g/mol. The van der Waals surface area contributed by atoms with Crippen LogP contribution in [-0.4, -0.2) is 29.8 Å². The van der Waals surface area contributed by atoms with Crippen molar-refractivity contribution in [3.05, 3.63) is 16.3 Å². The summed E-state index contributed by atoms with van der Waals surface area (Å²) in [7, 11) is 1.57. The molecule has 4 nitrogen and oxygen atoms in total. The fourth-order valence-corrected chi connectivity index (χ4v) is 2.47. The highest BCUT2D eigenvalue weighted by atomic mass is 32.2. The Balaban J connectivity index is 2.52. The van der Waals surface area contributed by atoms with Crippen molar-refractivity contribution in [1.82, 2.24) is 5.32 Å². The molecule has 2 N–H and O–H groups in total. The van der Waals surface area contributed by atoms with Gasteiger partial charge in [-0.2, -0.15) is 0 Å². The summed E-state index contributed by atoms with van der Waals surface area (Å²) in [6, 6.07) is 1.57. The summed E-state index contributed by atoms with van der Waals surface area (Å²) >= 11 is 2.49. The zero-order chi connectivity index (χ0) is 10.6. The van der Waals surface area contributed by atoms with Gasteiger partial charge in [0.25, 0.3) is 0 Å². The zero-order valence-corrected chi connectivity index (χ0v) is 9.08. The standard InChI is InChI=1S/C8H9NO3S2/c1-9-7(10)4-13-5-2-6(8(11)12)14-3-5/h2-3H,4H2,1H3,(H,9,10)(H,11,12). The van der Waals surface area contributed by atoms with Crippen molar-refractivity contribution in [3.63, 3.8) is 0 Å². The Bertz CT molecular complexity index is 348. The molecule has 0 radical (unpaired) electrons. The fourth-order valence-electron chi connectivity index (χ4n) is 0.728. The lowest BCUT2D eigenvalue weighted by Crippen LogP contribution is -2.19. The van der Waals surface area contributed by atoms with Crippen LogP contribution in [0.25, 0.3) is 0 Å². The number of carbonyl (C=O) groups excluding carboxylic acids is 1. The van der Waals surface area contributed by atoms with E-state index in [0.29, 0.717) is 10.6 Å². The molecule has 0 fully saturated rings. The number of hydrogen-bond acceptors (Lipinski definition) is 4. The van der Waals surface area contributed by atoms with Crippen molar-refractivity contribution in [2.75, 3.05) is 12.8 Å². The number of amides is 1. The number of thioether (sulfide) groups is 1. The molecule has 1 rings (SSSR count). The minimum Gasteiger partial charge on any atom is -0.477 e. The quantitative estimate of drug-likeness (QED) is 0.766. The number of carbonyl (C=O) groups is 2. The third-order valence-corrected chi connectivity index (χ3v) is 3.48. The van der Waals surface area contributed by atoms with Gasteiger partial charge in [0.2, 0.25) is 5.91 Å². The first-order chi connectivity index (χ1) is 6.63. The van der Waals surface area contributed by atoms with Crippen molar-refractivity contribution < 1.29 is 14.7 Å². The van der Waals surface area contributed by atoms with Gasteiger partial charge in [-0.15, -0.1) is 23.1 Å². The minimum absolute atomic E-state index is 0.0712. The number of thiophene rings is 1. The van der Waals surface area contributed by atoms with Crippen molar-refractivity contribution in [1.29, 1.82) is 0 Å². The first-order valence-electron chi connectivity index (χ1n) is 3.78. The van der Waals surface area contributed by atoms with Gasteiger partial charge in [-0.1, -0.05) is 0 Å². The molecule has 0 aliphatic rings. The van der Waals surface area contributed by atoms with Crippen molar-refractivity contribution >= 4 is 35.0 Å². The largest absolute Gasteiger partial charge is 0.477 e. The van der Waals surface area contributed by atoms with Crippen molar-refractivity contribution in [2.45, 2.75) is 4.90 Å². The van der Waals surface area contributed by atoms with E-state index in [1.165, 1.54) is 11.8 Å². The van der Waals surface area contributed by atoms with E-state index in [1.54, 1.807) is 18.5 Å². The van der Waals surface area contributed by atoms with Crippen molar-refractivity contribution in [3.8, 4) is 0 Å². The molecular formula is C8H9NO3S2. The smallest absolute Gasteiger partial charge is 0.345 e. The van der Waals surface area contributed by atoms with Crippen LogP contribution >= 0.6 is 23.1 Å². The van der Waals surface area contributed by atoms with Gasteiger partial charge in [0.1, 0.15) is 4.88 Å². The van der Waals surface area contributed by atoms with Crippen LogP contribution in [0.5, 0.6) is 0 Å². The lowest BCUT2D eigenvalue weighted by molar-refractivity contribution is -0.118. The van der Waals surface area contributed by atoms with E-state index in [-0.39, 0.29) is 5.91 Å². The molecule has 14 heavy (non-hydrogen) atoms. The zero-order valence-electron chi connectivity index (χ0n) is 7.44. The Hall–Kier alpha value is -1.01. The molecule has 0 atom stereocenters. The average Bonchev–Trinajstić information content (AvgIpc) is 2.62. The Morgan fingerprint density at radius 3 is 2.86 bits per heavy atom. The van der Waals surface area contributed by atoms with Crippen LogP contribution in [-0.2, 0) is 4.79 Å². The molecule has 1 aromatic rings. The first kappa shape index (κ1) is 11.1. The normalized spacial score (nSPS) is 9.79. The maximum Gasteiger partial charge on any atom is 0.345 e. The van der Waals surface area contributed by atoms with E-state index in [4.69, 9.17) is 5.11 Å². The second-order valence-corrected chi connectivity index (χ2v) is 4.37. The Morgan fingerprint density at radius 2 is 2.36 bits per heavy atom. The Morgan fingerprint density at radius 1 is 1.64 bits per heavy atom. The first-order valence-corrected chi connectivity index (χ1v) is 5.65. The maximum atomic E-state index is 10.9. The molecule has 1 heterocycles. The molecule has 0 aromatic carbocycles. The molecule has 0 saturated heterocycles. The molecule has 0 aliphatic heterocycles. The summed E-state index contributed by atoms with van der Waals surface area (Å²) in [6.45, 7) is 0. The molecule has 0 bridgehead atoms. The molecule has 1 aromatic heterocycles. The topological polar surface area (TPSA) is 66.4 Å². The fraction of sp³-hybridized carbons (Fsp3) is 0.250. The summed E-state index contributed by atoms with van der Waals surface area (Å²) in [5.74, 6) is -0.688. The Kier molecular flexibility index (Phi) is 3.97. The minimum atomic E-state index is -0.929. The second-order valence-electron chi connectivity index (χ2n) is 2.41. The predicted molar refractivity (Wildman–Crippen MR) is 56.1 cm³/mol. The van der Waals surface area contributed by atoms with Gasteiger partial charge in [-0.25, -0.2) is 4.79 Å². The number of aromatic carboxylic acids is 1. The predicted octanol–water partition coefficient (Wildman–Crippen LogP) is 1.28. The summed E-state index contributed by atoms with van der Waals surface area (Å²) < 4.78 is 0. The van der Waals surface area contributed by atoms with Gasteiger partial charge >= 0.3 is 5.97 Å². The van der Waals surface area contributed by atoms with E-state index in [9.17, 15) is 9.59 Å². The molecule has 0 unspecified atom stereocenters. The van der Waals surface area contributed by atoms with Crippen LogP contribution in [0.1, 0.15) is 9.67 Å². The van der Waals surface area contributed by atoms with E-state index in [0.717, 1.165) is 16.2 Å². The SMILES string of the molecule is CNC(=O)CSc1csc(C(=O)O)c1. The van der Waals surface area contributed by atoms with Gasteiger partial charge < -0.3 is 10.4 Å². The van der Waals surface area contributed by atoms with Crippen LogP contribution in [0, 0.1) is 0 Å². The van der Waals surface area contributed by atoms with Crippen LogP contribution in [0.4, 0.5) is 0 Å². The molecule has 76 valence electrons. The molecule has 0 spiro atoms. The van der Waals surface area contributed by atoms with Gasteiger partial charge in [-0.3, -0.25) is 4.79 Å². The van der Waals surface area contributed by atoms with Gasteiger partial charge in [-0.05, 0) is 6.07 Å². The lowest BCUT2D eigenvalue weighted by Gasteiger charge is -1.96. The van der Waals surface area contributed by atoms with Crippen molar-refractivity contribution in [2.24, 2.45) is 0 Å². The van der Waals surface area contributed by atoms with Gasteiger partial charge in [0, 0.05) is 17.3 Å². The summed E-state index contributed by atoms with van der Waals surface area (Å²) in [6.07, 6.45) is 0. The van der Waals surface area contributed by atoms with E-state index < -0.39 is 5.97 Å². The van der Waals surface area contributed by atoms with Gasteiger partial charge in [0.15, 0.2) is 0 Å². The summed E-state index contributed by atoms with van der Waals surface area (Å²) in [5, 5.41) is 12.9.